The molecule has 0 aliphatic rings. The fourth-order valence-electron chi connectivity index (χ4n) is 1.61. The third kappa shape index (κ3) is 2.85. The number of ether oxygens (including phenoxy) is 1. The van der Waals surface area contributed by atoms with Crippen molar-refractivity contribution < 1.29 is 9.53 Å². The molecular weight excluding hydrogens is 228 g/mol. The summed E-state index contributed by atoms with van der Waals surface area (Å²) in [6, 6.07) is 11.1. The average molecular weight is 242 g/mol. The second kappa shape index (κ2) is 5.82. The molecule has 2 rings (SSSR count). The van der Waals surface area contributed by atoms with E-state index >= 15 is 0 Å². The number of pyridine rings is 1. The molecular formula is C14H14N2O2. The molecule has 0 bridgehead atoms. The fourth-order valence-corrected chi connectivity index (χ4v) is 1.61. The van der Waals surface area contributed by atoms with Crippen LogP contribution >= 0.6 is 0 Å². The van der Waals surface area contributed by atoms with E-state index in [4.69, 9.17) is 4.74 Å². The second-order valence-electron chi connectivity index (χ2n) is 3.75. The SMILES string of the molecule is COc1ccc(NCc2ccccn2)c(C=O)c1. The molecule has 1 heterocycles. The van der Waals surface area contributed by atoms with Crippen molar-refractivity contribution >= 4 is 12.0 Å². The van der Waals surface area contributed by atoms with Gasteiger partial charge in [-0.25, -0.2) is 0 Å². The number of nitrogens with one attached hydrogen (secondary N) is 1. The van der Waals surface area contributed by atoms with Gasteiger partial charge in [-0.05, 0) is 30.3 Å². The summed E-state index contributed by atoms with van der Waals surface area (Å²) >= 11 is 0. The van der Waals surface area contributed by atoms with Gasteiger partial charge in [-0.3, -0.25) is 9.78 Å². The first kappa shape index (κ1) is 12.1. The van der Waals surface area contributed by atoms with Gasteiger partial charge in [0.2, 0.25) is 0 Å². The summed E-state index contributed by atoms with van der Waals surface area (Å²) in [7, 11) is 1.57. The maximum atomic E-state index is 11.0. The summed E-state index contributed by atoms with van der Waals surface area (Å²) in [5, 5.41) is 3.18. The van der Waals surface area contributed by atoms with Crippen molar-refractivity contribution in [3.8, 4) is 5.75 Å². The molecule has 0 spiro atoms. The smallest absolute Gasteiger partial charge is 0.152 e. The van der Waals surface area contributed by atoms with Crippen LogP contribution in [0.2, 0.25) is 0 Å². The molecule has 4 heteroatoms. The van der Waals surface area contributed by atoms with Crippen LogP contribution in [-0.4, -0.2) is 18.4 Å². The van der Waals surface area contributed by atoms with E-state index in [1.165, 1.54) is 0 Å². The third-order valence-corrected chi connectivity index (χ3v) is 2.57. The molecule has 1 aromatic carbocycles. The lowest BCUT2D eigenvalue weighted by Gasteiger charge is -2.09. The second-order valence-corrected chi connectivity index (χ2v) is 3.75. The molecule has 0 radical (unpaired) electrons. The van der Waals surface area contributed by atoms with Gasteiger partial charge < -0.3 is 10.1 Å². The van der Waals surface area contributed by atoms with Gasteiger partial charge in [0.05, 0.1) is 19.3 Å². The van der Waals surface area contributed by atoms with Crippen molar-refractivity contribution in [2.45, 2.75) is 6.54 Å². The van der Waals surface area contributed by atoms with E-state index in [1.54, 1.807) is 19.4 Å². The highest BCUT2D eigenvalue weighted by atomic mass is 16.5. The first-order valence-corrected chi connectivity index (χ1v) is 5.60. The van der Waals surface area contributed by atoms with Crippen LogP contribution in [0.25, 0.3) is 0 Å². The van der Waals surface area contributed by atoms with Crippen molar-refractivity contribution in [3.63, 3.8) is 0 Å². The molecule has 1 N–H and O–H groups in total. The molecule has 2 aromatic rings. The van der Waals surface area contributed by atoms with Gasteiger partial charge in [-0.1, -0.05) is 6.07 Å². The summed E-state index contributed by atoms with van der Waals surface area (Å²) in [6.45, 7) is 0.577. The molecule has 0 unspecified atom stereocenters. The third-order valence-electron chi connectivity index (χ3n) is 2.57. The summed E-state index contributed by atoms with van der Waals surface area (Å²) in [6.07, 6.45) is 2.55. The van der Waals surface area contributed by atoms with E-state index in [0.29, 0.717) is 17.9 Å². The maximum absolute atomic E-state index is 11.0. The quantitative estimate of drug-likeness (QED) is 0.818. The van der Waals surface area contributed by atoms with Gasteiger partial charge in [-0.2, -0.15) is 0 Å². The predicted molar refractivity (Wildman–Crippen MR) is 69.9 cm³/mol. The fraction of sp³-hybridized carbons (Fsp3) is 0.143. The van der Waals surface area contributed by atoms with Crippen LogP contribution in [0.4, 0.5) is 5.69 Å². The number of nitrogens with zero attached hydrogens (tertiary/aromatic N) is 1. The van der Waals surface area contributed by atoms with Crippen LogP contribution < -0.4 is 10.1 Å². The minimum absolute atomic E-state index is 0.574. The molecule has 0 aliphatic heterocycles. The minimum Gasteiger partial charge on any atom is -0.497 e. The van der Waals surface area contributed by atoms with Crippen molar-refractivity contribution in [2.75, 3.05) is 12.4 Å². The van der Waals surface area contributed by atoms with E-state index < -0.39 is 0 Å². The summed E-state index contributed by atoms with van der Waals surface area (Å²) in [4.78, 5) is 15.2. The van der Waals surface area contributed by atoms with E-state index in [-0.39, 0.29) is 0 Å². The Morgan fingerprint density at radius 2 is 2.22 bits per heavy atom. The van der Waals surface area contributed by atoms with Crippen molar-refractivity contribution in [2.24, 2.45) is 0 Å². The molecule has 0 aliphatic carbocycles. The van der Waals surface area contributed by atoms with Crippen LogP contribution in [-0.2, 0) is 6.54 Å². The average Bonchev–Trinajstić information content (AvgIpc) is 2.46. The van der Waals surface area contributed by atoms with Crippen LogP contribution in [0.1, 0.15) is 16.1 Å². The molecule has 4 nitrogen and oxygen atoms in total. The number of carbonyl (C=O) groups excluding carboxylic acids is 1. The molecule has 0 amide bonds. The van der Waals surface area contributed by atoms with Crippen molar-refractivity contribution in [1.29, 1.82) is 0 Å². The highest BCUT2D eigenvalue weighted by Gasteiger charge is 2.03. The Bertz CT molecular complexity index is 527. The Labute approximate surface area is 106 Å². The molecule has 18 heavy (non-hydrogen) atoms. The van der Waals surface area contributed by atoms with Gasteiger partial charge in [0, 0.05) is 17.4 Å². The first-order valence-electron chi connectivity index (χ1n) is 5.60. The van der Waals surface area contributed by atoms with Crippen LogP contribution in [0.3, 0.4) is 0 Å². The number of aldehydes is 1. The number of anilines is 1. The highest BCUT2D eigenvalue weighted by Crippen LogP contribution is 2.20. The van der Waals surface area contributed by atoms with E-state index in [9.17, 15) is 4.79 Å². The number of methoxy groups -OCH3 is 1. The Morgan fingerprint density at radius 1 is 1.33 bits per heavy atom. The van der Waals surface area contributed by atoms with Gasteiger partial charge in [0.1, 0.15) is 5.75 Å². The maximum Gasteiger partial charge on any atom is 0.152 e. The number of hydrogen-bond donors (Lipinski definition) is 1. The zero-order valence-electron chi connectivity index (χ0n) is 10.1. The molecule has 0 saturated carbocycles. The molecule has 0 fully saturated rings. The molecule has 1 aromatic heterocycles. The first-order chi connectivity index (χ1) is 8.83. The lowest BCUT2D eigenvalue weighted by Crippen LogP contribution is -2.03. The number of carbonyl (C=O) groups is 1. The zero-order chi connectivity index (χ0) is 12.8. The predicted octanol–water partition coefficient (Wildman–Crippen LogP) is 2.51. The van der Waals surface area contributed by atoms with Gasteiger partial charge in [0.15, 0.2) is 6.29 Å². The summed E-state index contributed by atoms with van der Waals surface area (Å²) in [5.41, 5.74) is 2.27. The van der Waals surface area contributed by atoms with Crippen LogP contribution in [0, 0.1) is 0 Å². The zero-order valence-corrected chi connectivity index (χ0v) is 10.1. The Kier molecular flexibility index (Phi) is 3.91. The monoisotopic (exact) mass is 242 g/mol. The summed E-state index contributed by atoms with van der Waals surface area (Å²) in [5.74, 6) is 0.667. The number of benzene rings is 1. The normalized spacial score (nSPS) is 9.83. The lowest BCUT2D eigenvalue weighted by molar-refractivity contribution is 0.112. The highest BCUT2D eigenvalue weighted by molar-refractivity contribution is 5.84. The van der Waals surface area contributed by atoms with Crippen LogP contribution in [0.5, 0.6) is 5.75 Å². The largest absolute Gasteiger partial charge is 0.497 e. The van der Waals surface area contributed by atoms with Gasteiger partial charge in [-0.15, -0.1) is 0 Å². The van der Waals surface area contributed by atoms with Crippen molar-refractivity contribution in [1.82, 2.24) is 4.98 Å². The van der Waals surface area contributed by atoms with Gasteiger partial charge in [0.25, 0.3) is 0 Å². The summed E-state index contributed by atoms with van der Waals surface area (Å²) < 4.78 is 5.08. The van der Waals surface area contributed by atoms with E-state index in [2.05, 4.69) is 10.3 Å². The van der Waals surface area contributed by atoms with E-state index in [1.807, 2.05) is 30.3 Å². The lowest BCUT2D eigenvalue weighted by atomic mass is 10.2. The molecule has 92 valence electrons. The number of rotatable bonds is 5. The molecule has 0 saturated heterocycles. The Morgan fingerprint density at radius 3 is 2.89 bits per heavy atom. The topological polar surface area (TPSA) is 51.2 Å². The Balaban J connectivity index is 2.12. The van der Waals surface area contributed by atoms with Gasteiger partial charge >= 0.3 is 0 Å². The standard InChI is InChI=1S/C14H14N2O2/c1-18-13-5-6-14(11(8-13)10-17)16-9-12-4-2-3-7-15-12/h2-8,10,16H,9H2,1H3. The number of aromatic nitrogens is 1. The molecule has 0 atom stereocenters. The van der Waals surface area contributed by atoms with Crippen LogP contribution in [0.15, 0.2) is 42.6 Å². The van der Waals surface area contributed by atoms with E-state index in [0.717, 1.165) is 17.7 Å². The van der Waals surface area contributed by atoms with Crippen molar-refractivity contribution in [3.05, 3.63) is 53.9 Å². The Hall–Kier alpha value is -2.36. The minimum atomic E-state index is 0.574. The number of hydrogen-bond acceptors (Lipinski definition) is 4.